The summed E-state index contributed by atoms with van der Waals surface area (Å²) < 4.78 is 1.79. The van der Waals surface area contributed by atoms with Crippen molar-refractivity contribution in [2.45, 2.75) is 13.0 Å². The van der Waals surface area contributed by atoms with E-state index in [9.17, 15) is 4.79 Å². The Kier molecular flexibility index (Phi) is 4.97. The molecule has 4 aromatic rings. The Morgan fingerprint density at radius 3 is 2.30 bits per heavy atom. The Morgan fingerprint density at radius 2 is 1.52 bits per heavy atom. The van der Waals surface area contributed by atoms with Gasteiger partial charge in [-0.15, -0.1) is 0 Å². The number of rotatable bonds is 6. The minimum absolute atomic E-state index is 0.0289. The highest BCUT2D eigenvalue weighted by Crippen LogP contribution is 2.27. The average molecular weight is 355 g/mol. The molecule has 134 valence electrons. The molecule has 0 saturated heterocycles. The summed E-state index contributed by atoms with van der Waals surface area (Å²) in [5.74, 6) is -0.0289. The predicted molar refractivity (Wildman–Crippen MR) is 108 cm³/mol. The number of carbonyl (C=O) groups is 1. The first-order chi connectivity index (χ1) is 13.3. The fraction of sp³-hybridized carbons (Fsp3) is 0.130. The van der Waals surface area contributed by atoms with E-state index in [1.165, 1.54) is 5.56 Å². The van der Waals surface area contributed by atoms with Crippen LogP contribution in [0.5, 0.6) is 0 Å². The molecule has 4 nitrogen and oxygen atoms in total. The maximum absolute atomic E-state index is 12.4. The lowest BCUT2D eigenvalue weighted by molar-refractivity contribution is -0.121. The van der Waals surface area contributed by atoms with Crippen molar-refractivity contribution in [2.75, 3.05) is 6.54 Å². The summed E-state index contributed by atoms with van der Waals surface area (Å²) in [7, 11) is 0. The Bertz CT molecular complexity index is 1040. The Labute approximate surface area is 158 Å². The van der Waals surface area contributed by atoms with Gasteiger partial charge in [-0.25, -0.2) is 0 Å². The van der Waals surface area contributed by atoms with E-state index in [4.69, 9.17) is 5.10 Å². The fourth-order valence-electron chi connectivity index (χ4n) is 3.24. The summed E-state index contributed by atoms with van der Waals surface area (Å²) in [5, 5.41) is 8.77. The molecular weight excluding hydrogens is 334 g/mol. The third kappa shape index (κ3) is 3.90. The molecule has 0 aliphatic heterocycles. The van der Waals surface area contributed by atoms with Crippen LogP contribution in [0.3, 0.4) is 0 Å². The van der Waals surface area contributed by atoms with E-state index >= 15 is 0 Å². The van der Waals surface area contributed by atoms with Crippen LogP contribution in [0.2, 0.25) is 0 Å². The second-order valence-electron chi connectivity index (χ2n) is 6.47. The number of carbonyl (C=O) groups excluding carboxylic acids is 1. The van der Waals surface area contributed by atoms with E-state index in [1.807, 2.05) is 66.7 Å². The van der Waals surface area contributed by atoms with Gasteiger partial charge in [-0.2, -0.15) is 5.10 Å². The number of hydrogen-bond acceptors (Lipinski definition) is 2. The first kappa shape index (κ1) is 17.0. The van der Waals surface area contributed by atoms with Crippen molar-refractivity contribution in [3.05, 3.63) is 90.5 Å². The number of nitrogens with zero attached hydrogens (tertiary/aromatic N) is 2. The van der Waals surface area contributed by atoms with Crippen LogP contribution in [0.15, 0.2) is 84.9 Å². The van der Waals surface area contributed by atoms with Gasteiger partial charge in [0.1, 0.15) is 12.2 Å². The summed E-state index contributed by atoms with van der Waals surface area (Å²) >= 11 is 0. The minimum Gasteiger partial charge on any atom is -0.354 e. The Hall–Kier alpha value is -3.40. The molecule has 0 aliphatic carbocycles. The van der Waals surface area contributed by atoms with Crippen LogP contribution in [0, 0.1) is 0 Å². The van der Waals surface area contributed by atoms with Crippen LogP contribution in [0.25, 0.3) is 22.2 Å². The molecule has 0 bridgehead atoms. The molecule has 27 heavy (non-hydrogen) atoms. The Balaban J connectivity index is 1.49. The zero-order valence-corrected chi connectivity index (χ0v) is 15.0. The average Bonchev–Trinajstić information content (AvgIpc) is 3.08. The van der Waals surface area contributed by atoms with E-state index in [-0.39, 0.29) is 12.5 Å². The van der Waals surface area contributed by atoms with Crippen LogP contribution in [-0.4, -0.2) is 22.2 Å². The lowest BCUT2D eigenvalue weighted by Crippen LogP contribution is -2.29. The first-order valence-corrected chi connectivity index (χ1v) is 9.13. The van der Waals surface area contributed by atoms with Crippen LogP contribution in [0.1, 0.15) is 5.56 Å². The quantitative estimate of drug-likeness (QED) is 0.567. The summed E-state index contributed by atoms with van der Waals surface area (Å²) in [6.07, 6.45) is 0.821. The highest BCUT2D eigenvalue weighted by molar-refractivity contribution is 5.94. The molecule has 4 rings (SSSR count). The number of benzene rings is 3. The van der Waals surface area contributed by atoms with Gasteiger partial charge in [0.05, 0.1) is 5.52 Å². The van der Waals surface area contributed by atoms with Gasteiger partial charge in [0.15, 0.2) is 0 Å². The number of amides is 1. The van der Waals surface area contributed by atoms with Crippen molar-refractivity contribution >= 4 is 16.8 Å². The van der Waals surface area contributed by atoms with Gasteiger partial charge in [-0.1, -0.05) is 78.9 Å². The molecule has 1 amide bonds. The smallest absolute Gasteiger partial charge is 0.241 e. The summed E-state index contributed by atoms with van der Waals surface area (Å²) in [6, 6.07) is 28.3. The second kappa shape index (κ2) is 7.87. The Morgan fingerprint density at radius 1 is 0.852 bits per heavy atom. The molecule has 0 fully saturated rings. The second-order valence-corrected chi connectivity index (χ2v) is 6.47. The normalized spacial score (nSPS) is 10.8. The summed E-state index contributed by atoms with van der Waals surface area (Å²) in [4.78, 5) is 12.4. The molecule has 0 spiro atoms. The van der Waals surface area contributed by atoms with Gasteiger partial charge in [0, 0.05) is 17.5 Å². The van der Waals surface area contributed by atoms with Gasteiger partial charge in [-0.3, -0.25) is 9.48 Å². The highest BCUT2D eigenvalue weighted by Gasteiger charge is 2.13. The third-order valence-electron chi connectivity index (χ3n) is 4.58. The van der Waals surface area contributed by atoms with E-state index in [0.29, 0.717) is 6.54 Å². The monoisotopic (exact) mass is 355 g/mol. The van der Waals surface area contributed by atoms with E-state index in [2.05, 4.69) is 23.5 Å². The van der Waals surface area contributed by atoms with Crippen molar-refractivity contribution in [1.29, 1.82) is 0 Å². The van der Waals surface area contributed by atoms with Gasteiger partial charge in [0.2, 0.25) is 5.91 Å². The standard InChI is InChI=1S/C23H21N3O/c27-22(24-16-15-18-9-3-1-4-10-18)17-26-21-14-8-7-13-20(21)23(25-26)19-11-5-2-6-12-19/h1-14H,15-17H2,(H,24,27). The number of fused-ring (bicyclic) bond motifs is 1. The lowest BCUT2D eigenvalue weighted by atomic mass is 10.1. The molecule has 1 heterocycles. The largest absolute Gasteiger partial charge is 0.354 e. The number of nitrogens with one attached hydrogen (secondary N) is 1. The maximum Gasteiger partial charge on any atom is 0.241 e. The molecule has 0 atom stereocenters. The van der Waals surface area contributed by atoms with Crippen molar-refractivity contribution in [3.63, 3.8) is 0 Å². The maximum atomic E-state index is 12.4. The molecule has 1 N–H and O–H groups in total. The molecule has 4 heteroatoms. The molecular formula is C23H21N3O. The number of hydrogen-bond donors (Lipinski definition) is 1. The molecule has 0 unspecified atom stereocenters. The zero-order chi connectivity index (χ0) is 18.5. The van der Waals surface area contributed by atoms with Crippen molar-refractivity contribution < 1.29 is 4.79 Å². The van der Waals surface area contributed by atoms with Gasteiger partial charge >= 0.3 is 0 Å². The van der Waals surface area contributed by atoms with Gasteiger partial charge in [0.25, 0.3) is 0 Å². The van der Waals surface area contributed by atoms with Crippen LogP contribution in [-0.2, 0) is 17.8 Å². The van der Waals surface area contributed by atoms with Crippen LogP contribution < -0.4 is 5.32 Å². The molecule has 0 radical (unpaired) electrons. The topological polar surface area (TPSA) is 46.9 Å². The molecule has 3 aromatic carbocycles. The number of aromatic nitrogens is 2. The van der Waals surface area contributed by atoms with Gasteiger partial charge < -0.3 is 5.32 Å². The van der Waals surface area contributed by atoms with E-state index < -0.39 is 0 Å². The third-order valence-corrected chi connectivity index (χ3v) is 4.58. The molecule has 0 aliphatic rings. The molecule has 1 aromatic heterocycles. The summed E-state index contributed by atoms with van der Waals surface area (Å²) in [5.41, 5.74) is 4.14. The van der Waals surface area contributed by atoms with Crippen LogP contribution in [0.4, 0.5) is 0 Å². The number of para-hydroxylation sites is 1. The van der Waals surface area contributed by atoms with E-state index in [1.54, 1.807) is 4.68 Å². The van der Waals surface area contributed by atoms with Crippen molar-refractivity contribution in [1.82, 2.24) is 15.1 Å². The van der Waals surface area contributed by atoms with Gasteiger partial charge in [-0.05, 0) is 18.1 Å². The SMILES string of the molecule is O=C(Cn1nc(-c2ccccc2)c2ccccc21)NCCc1ccccc1. The van der Waals surface area contributed by atoms with E-state index in [0.717, 1.165) is 28.6 Å². The van der Waals surface area contributed by atoms with Crippen molar-refractivity contribution in [3.8, 4) is 11.3 Å². The lowest BCUT2D eigenvalue weighted by Gasteiger charge is -2.06. The molecule has 0 saturated carbocycles. The van der Waals surface area contributed by atoms with Crippen molar-refractivity contribution in [2.24, 2.45) is 0 Å². The fourth-order valence-corrected chi connectivity index (χ4v) is 3.24. The zero-order valence-electron chi connectivity index (χ0n) is 15.0. The minimum atomic E-state index is -0.0289. The van der Waals surface area contributed by atoms with Crippen LogP contribution >= 0.6 is 0 Å². The highest BCUT2D eigenvalue weighted by atomic mass is 16.2. The summed E-state index contributed by atoms with van der Waals surface area (Å²) in [6.45, 7) is 0.829. The first-order valence-electron chi connectivity index (χ1n) is 9.13. The predicted octanol–water partition coefficient (Wildman–Crippen LogP) is 4.06.